The highest BCUT2D eigenvalue weighted by Gasteiger charge is 2.22. The fourth-order valence-corrected chi connectivity index (χ4v) is 3.94. The molecule has 1 saturated carbocycles. The summed E-state index contributed by atoms with van der Waals surface area (Å²) in [5.74, 6) is 1.63. The van der Waals surface area contributed by atoms with E-state index in [1.165, 1.54) is 12.8 Å². The molecular weight excluding hydrogens is 336 g/mol. The van der Waals surface area contributed by atoms with Crippen molar-refractivity contribution in [2.24, 2.45) is 5.73 Å². The van der Waals surface area contributed by atoms with Gasteiger partial charge in [-0.05, 0) is 67.1 Å². The lowest BCUT2D eigenvalue weighted by atomic mass is 9.92. The Bertz CT molecular complexity index is 968. The molecule has 1 aliphatic rings. The van der Waals surface area contributed by atoms with Gasteiger partial charge in [0.15, 0.2) is 0 Å². The van der Waals surface area contributed by atoms with Gasteiger partial charge in [0.1, 0.15) is 5.75 Å². The molecule has 138 valence electrons. The van der Waals surface area contributed by atoms with Gasteiger partial charge in [0.25, 0.3) is 0 Å². The van der Waals surface area contributed by atoms with E-state index in [4.69, 9.17) is 10.5 Å². The molecule has 3 aromatic rings. The third kappa shape index (κ3) is 3.47. The number of hydrogen-bond acceptors (Lipinski definition) is 2. The molecule has 0 saturated heterocycles. The van der Waals surface area contributed by atoms with Gasteiger partial charge in [-0.25, -0.2) is 0 Å². The zero-order valence-electron chi connectivity index (χ0n) is 15.5. The third-order valence-corrected chi connectivity index (χ3v) is 5.39. The van der Waals surface area contributed by atoms with Crippen LogP contribution in [0.3, 0.4) is 0 Å². The molecule has 1 amide bonds. The number of amides is 1. The average Bonchev–Trinajstić information content (AvgIpc) is 3.35. The predicted molar refractivity (Wildman–Crippen MR) is 107 cm³/mol. The molecule has 27 heavy (non-hydrogen) atoms. The minimum atomic E-state index is -0.354. The van der Waals surface area contributed by atoms with Gasteiger partial charge in [-0.2, -0.15) is 0 Å². The Morgan fingerprint density at radius 3 is 2.59 bits per heavy atom. The number of hydrogen-bond donors (Lipinski definition) is 1. The highest BCUT2D eigenvalue weighted by atomic mass is 16.5. The summed E-state index contributed by atoms with van der Waals surface area (Å²) in [5, 5.41) is 0. The number of nitrogens with zero attached hydrogens (tertiary/aromatic N) is 1. The van der Waals surface area contributed by atoms with E-state index >= 15 is 0 Å². The van der Waals surface area contributed by atoms with Crippen LogP contribution in [0.1, 0.15) is 53.1 Å². The Balaban J connectivity index is 1.72. The topological polar surface area (TPSA) is 57.2 Å². The molecule has 0 spiro atoms. The van der Waals surface area contributed by atoms with Crippen LogP contribution in [0.15, 0.2) is 60.8 Å². The minimum absolute atomic E-state index is 0.354. The number of para-hydroxylation sites is 1. The lowest BCUT2D eigenvalue weighted by Gasteiger charge is -2.17. The average molecular weight is 360 g/mol. The Kier molecular flexibility index (Phi) is 4.71. The molecule has 1 aromatic heterocycles. The van der Waals surface area contributed by atoms with Gasteiger partial charge in [-0.1, -0.05) is 31.0 Å². The maximum absolute atomic E-state index is 11.9. The maximum Gasteiger partial charge on any atom is 0.248 e. The summed E-state index contributed by atoms with van der Waals surface area (Å²) in [7, 11) is 0. The van der Waals surface area contributed by atoms with Gasteiger partial charge in [-0.3, -0.25) is 9.36 Å². The van der Waals surface area contributed by atoms with Gasteiger partial charge < -0.3 is 10.5 Å². The van der Waals surface area contributed by atoms with E-state index in [1.807, 2.05) is 66.2 Å². The van der Waals surface area contributed by atoms with Crippen molar-refractivity contribution < 1.29 is 9.53 Å². The van der Waals surface area contributed by atoms with E-state index < -0.39 is 0 Å². The first-order chi connectivity index (χ1) is 13.1. The summed E-state index contributed by atoms with van der Waals surface area (Å²) in [6.07, 6.45) is 6.62. The van der Waals surface area contributed by atoms with Crippen LogP contribution < -0.4 is 10.5 Å². The lowest BCUT2D eigenvalue weighted by molar-refractivity contribution is 0.0999. The second kappa shape index (κ2) is 7.31. The Morgan fingerprint density at radius 1 is 1.07 bits per heavy atom. The molecule has 0 radical (unpaired) electrons. The van der Waals surface area contributed by atoms with Crippen molar-refractivity contribution >= 4 is 5.91 Å². The predicted octanol–water partition coefficient (Wildman–Crippen LogP) is 5.33. The smallest absolute Gasteiger partial charge is 0.248 e. The van der Waals surface area contributed by atoms with Crippen LogP contribution in [0.5, 0.6) is 11.6 Å². The van der Waals surface area contributed by atoms with E-state index in [-0.39, 0.29) is 5.91 Å². The van der Waals surface area contributed by atoms with Crippen molar-refractivity contribution in [3.8, 4) is 17.3 Å². The fourth-order valence-electron chi connectivity index (χ4n) is 3.94. The molecule has 0 aliphatic heterocycles. The van der Waals surface area contributed by atoms with Crippen LogP contribution in [0.4, 0.5) is 0 Å². The van der Waals surface area contributed by atoms with Crippen LogP contribution in [-0.2, 0) is 0 Å². The standard InChI is InChI=1S/C23H24N2O2/c1-16-7-2-5-10-21(16)27-22-11-6-14-25(22)18-12-13-19(23(24)26)20(15-18)17-8-3-4-9-17/h2,5-7,10-15,17H,3-4,8-9H2,1H3,(H2,24,26). The van der Waals surface area contributed by atoms with Gasteiger partial charge in [-0.15, -0.1) is 0 Å². The Hall–Kier alpha value is -3.01. The van der Waals surface area contributed by atoms with Crippen LogP contribution in [0.25, 0.3) is 5.69 Å². The van der Waals surface area contributed by atoms with Crippen LogP contribution in [-0.4, -0.2) is 10.5 Å². The van der Waals surface area contributed by atoms with Gasteiger partial charge in [0, 0.05) is 23.5 Å². The number of carbonyl (C=O) groups is 1. The molecule has 1 aliphatic carbocycles. The highest BCUT2D eigenvalue weighted by molar-refractivity contribution is 5.94. The minimum Gasteiger partial charge on any atom is -0.440 e. The molecule has 4 nitrogen and oxygen atoms in total. The number of rotatable bonds is 5. The molecule has 0 bridgehead atoms. The van der Waals surface area contributed by atoms with Crippen molar-refractivity contribution in [2.45, 2.75) is 38.5 Å². The number of carbonyl (C=O) groups excluding carboxylic acids is 1. The van der Waals surface area contributed by atoms with Gasteiger partial charge >= 0.3 is 0 Å². The zero-order valence-corrected chi connectivity index (χ0v) is 15.5. The van der Waals surface area contributed by atoms with Gasteiger partial charge in [0.05, 0.1) is 0 Å². The number of benzene rings is 2. The normalized spacial score (nSPS) is 14.4. The van der Waals surface area contributed by atoms with E-state index in [0.717, 1.165) is 41.3 Å². The third-order valence-electron chi connectivity index (χ3n) is 5.39. The van der Waals surface area contributed by atoms with Crippen LogP contribution in [0.2, 0.25) is 0 Å². The second-order valence-electron chi connectivity index (χ2n) is 7.20. The summed E-state index contributed by atoms with van der Waals surface area (Å²) in [6.45, 7) is 2.03. The van der Waals surface area contributed by atoms with Crippen LogP contribution >= 0.6 is 0 Å². The number of primary amides is 1. The Morgan fingerprint density at radius 2 is 1.85 bits per heavy atom. The van der Waals surface area contributed by atoms with E-state index in [9.17, 15) is 4.79 Å². The monoisotopic (exact) mass is 360 g/mol. The van der Waals surface area contributed by atoms with Crippen molar-refractivity contribution in [1.82, 2.24) is 4.57 Å². The Labute approximate surface area is 159 Å². The second-order valence-corrected chi connectivity index (χ2v) is 7.20. The first-order valence-corrected chi connectivity index (χ1v) is 9.48. The number of aryl methyl sites for hydroxylation is 1. The van der Waals surface area contributed by atoms with Gasteiger partial charge in [0.2, 0.25) is 11.8 Å². The fraction of sp³-hybridized carbons (Fsp3) is 0.261. The zero-order chi connectivity index (χ0) is 18.8. The van der Waals surface area contributed by atoms with E-state index in [0.29, 0.717) is 11.5 Å². The molecule has 0 atom stereocenters. The summed E-state index contributed by atoms with van der Waals surface area (Å²) in [5.41, 5.74) is 9.40. The quantitative estimate of drug-likeness (QED) is 0.668. The first-order valence-electron chi connectivity index (χ1n) is 9.48. The largest absolute Gasteiger partial charge is 0.440 e. The molecule has 0 unspecified atom stereocenters. The molecule has 2 N–H and O–H groups in total. The highest BCUT2D eigenvalue weighted by Crippen LogP contribution is 2.37. The number of nitrogens with two attached hydrogens (primary N) is 1. The van der Waals surface area contributed by atoms with Crippen LogP contribution in [0, 0.1) is 6.92 Å². The van der Waals surface area contributed by atoms with Crippen molar-refractivity contribution in [2.75, 3.05) is 0 Å². The van der Waals surface area contributed by atoms with E-state index in [2.05, 4.69) is 6.07 Å². The molecule has 4 rings (SSSR count). The van der Waals surface area contributed by atoms with Crippen molar-refractivity contribution in [3.63, 3.8) is 0 Å². The van der Waals surface area contributed by atoms with Crippen molar-refractivity contribution in [1.29, 1.82) is 0 Å². The first kappa shape index (κ1) is 17.4. The lowest BCUT2D eigenvalue weighted by Crippen LogP contribution is -2.15. The molecule has 1 fully saturated rings. The summed E-state index contributed by atoms with van der Waals surface area (Å²) < 4.78 is 8.16. The van der Waals surface area contributed by atoms with Crippen molar-refractivity contribution in [3.05, 3.63) is 77.5 Å². The SMILES string of the molecule is Cc1ccccc1Oc1cccn1-c1ccc(C(N)=O)c(C2CCCC2)c1. The molecule has 4 heteroatoms. The molecular formula is C23H24N2O2. The summed E-state index contributed by atoms with van der Waals surface area (Å²) >= 11 is 0. The van der Waals surface area contributed by atoms with E-state index in [1.54, 1.807) is 0 Å². The number of aromatic nitrogens is 1. The number of ether oxygens (including phenoxy) is 1. The maximum atomic E-state index is 11.9. The molecule has 1 heterocycles. The summed E-state index contributed by atoms with van der Waals surface area (Å²) in [4.78, 5) is 11.9. The molecule has 2 aromatic carbocycles. The summed E-state index contributed by atoms with van der Waals surface area (Å²) in [6, 6.07) is 17.8.